The maximum atomic E-state index is 12.5. The van der Waals surface area contributed by atoms with Crippen molar-refractivity contribution >= 4 is 22.4 Å². The van der Waals surface area contributed by atoms with E-state index in [-0.39, 0.29) is 5.43 Å². The van der Waals surface area contributed by atoms with Crippen LogP contribution in [0.25, 0.3) is 16.6 Å². The number of benzene rings is 2. The van der Waals surface area contributed by atoms with Crippen LogP contribution in [0.1, 0.15) is 0 Å². The number of aromatic nitrogens is 2. The molecular formula is C20H15N3O. The Morgan fingerprint density at radius 1 is 0.875 bits per heavy atom. The lowest BCUT2D eigenvalue weighted by Crippen LogP contribution is -2.12. The van der Waals surface area contributed by atoms with Gasteiger partial charge in [0.1, 0.15) is 5.82 Å². The van der Waals surface area contributed by atoms with E-state index in [0.29, 0.717) is 5.39 Å². The number of hydrogen-bond acceptors (Lipinski definition) is 3. The van der Waals surface area contributed by atoms with Gasteiger partial charge in [-0.2, -0.15) is 0 Å². The molecule has 4 rings (SSSR count). The molecule has 0 unspecified atom stereocenters. The molecule has 0 saturated heterocycles. The van der Waals surface area contributed by atoms with Crippen LogP contribution in [0.2, 0.25) is 0 Å². The van der Waals surface area contributed by atoms with E-state index in [4.69, 9.17) is 0 Å². The van der Waals surface area contributed by atoms with Crippen molar-refractivity contribution in [2.24, 2.45) is 0 Å². The highest BCUT2D eigenvalue weighted by atomic mass is 16.1. The zero-order valence-corrected chi connectivity index (χ0v) is 12.9. The van der Waals surface area contributed by atoms with E-state index in [1.165, 1.54) is 0 Å². The summed E-state index contributed by atoms with van der Waals surface area (Å²) in [6.45, 7) is 0. The smallest absolute Gasteiger partial charge is 0.193 e. The summed E-state index contributed by atoms with van der Waals surface area (Å²) in [4.78, 5) is 16.6. The highest BCUT2D eigenvalue weighted by Gasteiger charge is 2.11. The Kier molecular flexibility index (Phi) is 3.56. The minimum atomic E-state index is -0.0521. The van der Waals surface area contributed by atoms with Crippen LogP contribution in [-0.2, 0) is 0 Å². The van der Waals surface area contributed by atoms with E-state index < -0.39 is 0 Å². The molecule has 0 aliphatic rings. The van der Waals surface area contributed by atoms with Crippen LogP contribution in [0.3, 0.4) is 0 Å². The summed E-state index contributed by atoms with van der Waals surface area (Å²) in [5.74, 6) is 0.719. The van der Waals surface area contributed by atoms with E-state index in [1.807, 2.05) is 71.3 Å². The first-order valence-electron chi connectivity index (χ1n) is 7.70. The Morgan fingerprint density at radius 3 is 2.33 bits per heavy atom. The topological polar surface area (TPSA) is 46.9 Å². The summed E-state index contributed by atoms with van der Waals surface area (Å²) < 4.78 is 2.03. The maximum Gasteiger partial charge on any atom is 0.193 e. The minimum Gasteiger partial charge on any atom is -0.341 e. The number of fused-ring (bicyclic) bond motifs is 1. The first-order chi connectivity index (χ1) is 11.8. The lowest BCUT2D eigenvalue weighted by Gasteiger charge is -2.18. The molecule has 116 valence electrons. The predicted molar refractivity (Wildman–Crippen MR) is 97.1 cm³/mol. The third-order valence-corrected chi connectivity index (χ3v) is 3.87. The average molecular weight is 313 g/mol. The molecule has 0 saturated carbocycles. The van der Waals surface area contributed by atoms with Crippen molar-refractivity contribution in [2.75, 3.05) is 5.32 Å². The fourth-order valence-electron chi connectivity index (χ4n) is 2.78. The van der Waals surface area contributed by atoms with Crippen molar-refractivity contribution in [1.82, 2.24) is 9.55 Å². The van der Waals surface area contributed by atoms with E-state index in [9.17, 15) is 4.79 Å². The molecular weight excluding hydrogens is 298 g/mol. The fraction of sp³-hybridized carbons (Fsp3) is 0. The summed E-state index contributed by atoms with van der Waals surface area (Å²) in [6, 6.07) is 23.2. The van der Waals surface area contributed by atoms with E-state index >= 15 is 0 Å². The molecule has 0 radical (unpaired) electrons. The Morgan fingerprint density at radius 2 is 1.58 bits per heavy atom. The van der Waals surface area contributed by atoms with Gasteiger partial charge in [-0.25, -0.2) is 0 Å². The first-order valence-corrected chi connectivity index (χ1v) is 7.70. The predicted octanol–water partition coefficient (Wildman–Crippen LogP) is 4.13. The normalized spacial score (nSPS) is 10.7. The summed E-state index contributed by atoms with van der Waals surface area (Å²) in [5.41, 5.74) is 2.67. The largest absolute Gasteiger partial charge is 0.341 e. The Bertz CT molecular complexity index is 1040. The molecule has 1 N–H and O–H groups in total. The second-order valence-electron chi connectivity index (χ2n) is 5.45. The third-order valence-electron chi connectivity index (χ3n) is 3.87. The van der Waals surface area contributed by atoms with Crippen LogP contribution in [0.15, 0.2) is 90.0 Å². The van der Waals surface area contributed by atoms with E-state index in [1.54, 1.807) is 18.5 Å². The van der Waals surface area contributed by atoms with Gasteiger partial charge in [-0.05, 0) is 30.3 Å². The van der Waals surface area contributed by atoms with Crippen molar-refractivity contribution in [3.8, 4) is 5.69 Å². The summed E-state index contributed by atoms with van der Waals surface area (Å²) in [7, 11) is 0. The quantitative estimate of drug-likeness (QED) is 0.618. The monoisotopic (exact) mass is 313 g/mol. The van der Waals surface area contributed by atoms with Gasteiger partial charge in [-0.15, -0.1) is 0 Å². The molecule has 2 aromatic carbocycles. The van der Waals surface area contributed by atoms with Crippen molar-refractivity contribution in [3.63, 3.8) is 0 Å². The lowest BCUT2D eigenvalue weighted by molar-refractivity contribution is 1.10. The highest BCUT2D eigenvalue weighted by Crippen LogP contribution is 2.24. The zero-order chi connectivity index (χ0) is 16.4. The Labute approximate surface area is 139 Å². The van der Waals surface area contributed by atoms with Gasteiger partial charge in [-0.3, -0.25) is 14.3 Å². The third kappa shape index (κ3) is 2.54. The molecule has 4 nitrogen and oxygen atoms in total. The van der Waals surface area contributed by atoms with Crippen LogP contribution in [0.4, 0.5) is 11.5 Å². The molecule has 2 aromatic heterocycles. The second-order valence-corrected chi connectivity index (χ2v) is 5.45. The Balaban J connectivity index is 2.00. The average Bonchev–Trinajstić information content (AvgIpc) is 2.64. The molecule has 4 heteroatoms. The van der Waals surface area contributed by atoms with Crippen LogP contribution < -0.4 is 10.7 Å². The van der Waals surface area contributed by atoms with Crippen molar-refractivity contribution in [3.05, 3.63) is 95.4 Å². The highest BCUT2D eigenvalue weighted by molar-refractivity contribution is 5.83. The van der Waals surface area contributed by atoms with Gasteiger partial charge in [0, 0.05) is 29.8 Å². The van der Waals surface area contributed by atoms with E-state index in [2.05, 4.69) is 10.3 Å². The van der Waals surface area contributed by atoms with E-state index in [0.717, 1.165) is 22.7 Å². The van der Waals surface area contributed by atoms with Gasteiger partial charge in [-0.1, -0.05) is 36.4 Å². The van der Waals surface area contributed by atoms with Gasteiger partial charge in [0.2, 0.25) is 0 Å². The maximum absolute atomic E-state index is 12.5. The number of nitrogens with one attached hydrogen (secondary N) is 1. The molecule has 0 amide bonds. The molecule has 0 aliphatic heterocycles. The first kappa shape index (κ1) is 14.2. The van der Waals surface area contributed by atoms with Gasteiger partial charge >= 0.3 is 0 Å². The number of anilines is 2. The fourth-order valence-corrected chi connectivity index (χ4v) is 2.78. The molecule has 2 heterocycles. The molecule has 0 spiro atoms. The Hall–Kier alpha value is -3.40. The van der Waals surface area contributed by atoms with Gasteiger partial charge < -0.3 is 5.32 Å². The molecule has 0 fully saturated rings. The number of rotatable bonds is 3. The van der Waals surface area contributed by atoms with Crippen LogP contribution in [0.5, 0.6) is 0 Å². The van der Waals surface area contributed by atoms with Gasteiger partial charge in [0.15, 0.2) is 5.43 Å². The molecule has 0 aliphatic carbocycles. The SMILES string of the molecule is O=c1cc(Nc2ccccc2)n(-c2ccccc2)c2ccncc12. The molecule has 0 atom stereocenters. The van der Waals surface area contributed by atoms with Crippen molar-refractivity contribution in [1.29, 1.82) is 0 Å². The number of hydrogen-bond donors (Lipinski definition) is 1. The van der Waals surface area contributed by atoms with Crippen molar-refractivity contribution in [2.45, 2.75) is 0 Å². The zero-order valence-electron chi connectivity index (χ0n) is 12.9. The van der Waals surface area contributed by atoms with Gasteiger partial charge in [0.05, 0.1) is 10.9 Å². The number of para-hydroxylation sites is 2. The molecule has 4 aromatic rings. The van der Waals surface area contributed by atoms with Crippen LogP contribution in [-0.4, -0.2) is 9.55 Å². The number of nitrogens with zero attached hydrogens (tertiary/aromatic N) is 2. The molecule has 0 bridgehead atoms. The minimum absolute atomic E-state index is 0.0521. The standard InChI is InChI=1S/C20H15N3O/c24-19-13-20(22-15-7-3-1-4-8-15)23(16-9-5-2-6-10-16)18-11-12-21-14-17(18)19/h1-14,22H. The van der Waals surface area contributed by atoms with Gasteiger partial charge in [0.25, 0.3) is 0 Å². The molecule has 24 heavy (non-hydrogen) atoms. The summed E-state index contributed by atoms with van der Waals surface area (Å²) >= 11 is 0. The van der Waals surface area contributed by atoms with Crippen LogP contribution in [0, 0.1) is 0 Å². The van der Waals surface area contributed by atoms with Crippen LogP contribution >= 0.6 is 0 Å². The summed E-state index contributed by atoms with van der Waals surface area (Å²) in [6.07, 6.45) is 3.32. The van der Waals surface area contributed by atoms with Crippen molar-refractivity contribution < 1.29 is 0 Å². The number of pyridine rings is 2. The lowest BCUT2D eigenvalue weighted by atomic mass is 10.2. The second kappa shape index (κ2) is 6.01. The summed E-state index contributed by atoms with van der Waals surface area (Å²) in [5, 5.41) is 3.94.